The largest absolute Gasteiger partial charge is 0.507 e. The fraction of sp³-hybridized carbons (Fsp3) is 0.258. The van der Waals surface area contributed by atoms with Crippen molar-refractivity contribution < 1.29 is 17.9 Å². The van der Waals surface area contributed by atoms with Crippen molar-refractivity contribution in [1.29, 1.82) is 0 Å². The van der Waals surface area contributed by atoms with Gasteiger partial charge < -0.3 is 15.3 Å². The molecule has 0 amide bonds. The predicted octanol–water partition coefficient (Wildman–Crippen LogP) is 5.16. The molecule has 0 saturated heterocycles. The maximum Gasteiger partial charge on any atom is 0.343 e. The molecule has 1 fully saturated rings. The van der Waals surface area contributed by atoms with Crippen molar-refractivity contribution in [3.05, 3.63) is 124 Å². The fourth-order valence-corrected chi connectivity index (χ4v) is 6.65. The minimum absolute atomic E-state index is 0.0750. The third kappa shape index (κ3) is 5.92. The van der Waals surface area contributed by atoms with Gasteiger partial charge in [0, 0.05) is 29.6 Å². The van der Waals surface area contributed by atoms with Crippen LogP contribution >= 0.6 is 0 Å². The minimum Gasteiger partial charge on any atom is -0.507 e. The first kappa shape index (κ1) is 26.7. The van der Waals surface area contributed by atoms with Gasteiger partial charge >= 0.3 is 5.63 Å². The highest BCUT2D eigenvalue weighted by Gasteiger charge is 2.48. The van der Waals surface area contributed by atoms with E-state index < -0.39 is 27.6 Å². The topological polar surface area (TPSA) is 123 Å². The molecule has 0 bridgehead atoms. The second kappa shape index (κ2) is 11.1. The van der Waals surface area contributed by atoms with Gasteiger partial charge in [0.2, 0.25) is 10.0 Å². The van der Waals surface area contributed by atoms with Crippen LogP contribution in [-0.2, 0) is 16.4 Å². The van der Waals surface area contributed by atoms with Gasteiger partial charge in [0.25, 0.3) is 0 Å². The molecule has 0 spiro atoms. The van der Waals surface area contributed by atoms with E-state index in [1.54, 1.807) is 18.2 Å². The Bertz CT molecular complexity index is 1600. The van der Waals surface area contributed by atoms with Crippen LogP contribution in [0.3, 0.4) is 0 Å². The van der Waals surface area contributed by atoms with Crippen LogP contribution in [0.4, 0.5) is 5.69 Å². The summed E-state index contributed by atoms with van der Waals surface area (Å²) in [6.07, 6.45) is 1.92. The number of sulfonamides is 1. The number of hydrogen-bond acceptors (Lipinski definition) is 6. The molecule has 1 aliphatic rings. The quantitative estimate of drug-likeness (QED) is 0.237. The number of nitrogens with two attached hydrogens (primary N) is 1. The lowest BCUT2D eigenvalue weighted by Gasteiger charge is -2.20. The summed E-state index contributed by atoms with van der Waals surface area (Å²) in [6, 6.07) is 26.5. The van der Waals surface area contributed by atoms with Crippen LogP contribution in [0, 0.1) is 5.92 Å². The zero-order valence-corrected chi connectivity index (χ0v) is 22.5. The molecule has 4 unspecified atom stereocenters. The normalized spacial score (nSPS) is 18.4. The number of nitrogens with one attached hydrogen (secondary N) is 1. The molecule has 1 aliphatic carbocycles. The molecule has 202 valence electrons. The van der Waals surface area contributed by atoms with E-state index in [1.807, 2.05) is 67.6 Å². The minimum atomic E-state index is -3.82. The van der Waals surface area contributed by atoms with Gasteiger partial charge in [-0.2, -0.15) is 0 Å². The zero-order chi connectivity index (χ0) is 27.6. The molecule has 4 N–H and O–H groups in total. The average molecular weight is 545 g/mol. The summed E-state index contributed by atoms with van der Waals surface area (Å²) in [5, 5.41) is 11.2. The van der Waals surface area contributed by atoms with Crippen LogP contribution in [0.15, 0.2) is 105 Å². The first-order chi connectivity index (χ1) is 18.8. The lowest BCUT2D eigenvalue weighted by molar-refractivity contribution is 0.379. The van der Waals surface area contributed by atoms with Crippen molar-refractivity contribution in [2.45, 2.75) is 49.0 Å². The van der Waals surface area contributed by atoms with Crippen molar-refractivity contribution in [2.24, 2.45) is 5.92 Å². The molecule has 0 radical (unpaired) electrons. The standard InChI is InChI=1S/C31H32N2O5S/c1-2-21(16-20-10-5-3-6-11-20)28-19-27(34)30(31(35)38-28)29(22-12-7-4-8-13-22)25-18-26(25)33-39(36,37)24-15-9-14-23(32)17-24/h3-15,17,19,21,25-26,29,33-34H,2,16,18,32H2,1H3. The van der Waals surface area contributed by atoms with Crippen LogP contribution in [0.2, 0.25) is 0 Å². The van der Waals surface area contributed by atoms with E-state index in [1.165, 1.54) is 12.1 Å². The molecule has 8 heteroatoms. The molecular weight excluding hydrogens is 512 g/mol. The van der Waals surface area contributed by atoms with Gasteiger partial charge in [-0.3, -0.25) is 0 Å². The SMILES string of the molecule is CCC(Cc1ccccc1)c1cc(O)c(C(c2ccccc2)C2CC2NS(=O)(=O)c2cccc(N)c2)c(=O)o1. The molecule has 7 nitrogen and oxygen atoms in total. The van der Waals surface area contributed by atoms with E-state index in [2.05, 4.69) is 4.72 Å². The van der Waals surface area contributed by atoms with Crippen molar-refractivity contribution in [2.75, 3.05) is 5.73 Å². The van der Waals surface area contributed by atoms with Gasteiger partial charge in [-0.1, -0.05) is 73.7 Å². The summed E-state index contributed by atoms with van der Waals surface area (Å²) >= 11 is 0. The second-order valence-corrected chi connectivity index (χ2v) is 11.8. The lowest BCUT2D eigenvalue weighted by Crippen LogP contribution is -2.29. The van der Waals surface area contributed by atoms with E-state index in [9.17, 15) is 18.3 Å². The van der Waals surface area contributed by atoms with E-state index in [-0.39, 0.29) is 28.0 Å². The highest BCUT2D eigenvalue weighted by atomic mass is 32.2. The van der Waals surface area contributed by atoms with Gasteiger partial charge in [0.1, 0.15) is 11.5 Å². The highest BCUT2D eigenvalue weighted by Crippen LogP contribution is 2.48. The van der Waals surface area contributed by atoms with Crippen molar-refractivity contribution in [3.63, 3.8) is 0 Å². The first-order valence-corrected chi connectivity index (χ1v) is 14.6. The van der Waals surface area contributed by atoms with Crippen LogP contribution in [-0.4, -0.2) is 19.6 Å². The van der Waals surface area contributed by atoms with E-state index >= 15 is 0 Å². The molecule has 4 atom stereocenters. The van der Waals surface area contributed by atoms with Crippen LogP contribution in [0.1, 0.15) is 54.1 Å². The monoisotopic (exact) mass is 544 g/mol. The summed E-state index contributed by atoms with van der Waals surface area (Å²) in [7, 11) is -3.82. The Morgan fingerprint density at radius 3 is 2.33 bits per heavy atom. The molecule has 1 saturated carbocycles. The third-order valence-electron chi connectivity index (χ3n) is 7.42. The Balaban J connectivity index is 1.45. The number of benzene rings is 3. The molecule has 39 heavy (non-hydrogen) atoms. The van der Waals surface area contributed by atoms with Crippen LogP contribution in [0.25, 0.3) is 0 Å². The van der Waals surface area contributed by atoms with Crippen LogP contribution < -0.4 is 16.1 Å². The number of aromatic hydroxyl groups is 1. The predicted molar refractivity (Wildman–Crippen MR) is 151 cm³/mol. The molecule has 4 aromatic rings. The van der Waals surface area contributed by atoms with E-state index in [4.69, 9.17) is 10.2 Å². The molecular formula is C31H32N2O5S. The van der Waals surface area contributed by atoms with Gasteiger partial charge in [0.05, 0.1) is 10.5 Å². The van der Waals surface area contributed by atoms with Gasteiger partial charge in [0.15, 0.2) is 0 Å². The first-order valence-electron chi connectivity index (χ1n) is 13.1. The summed E-state index contributed by atoms with van der Waals surface area (Å²) < 4.78 is 34.6. The van der Waals surface area contributed by atoms with Crippen molar-refractivity contribution in [1.82, 2.24) is 4.72 Å². The van der Waals surface area contributed by atoms with Crippen molar-refractivity contribution >= 4 is 15.7 Å². The Hall–Kier alpha value is -3.88. The summed E-state index contributed by atoms with van der Waals surface area (Å²) in [4.78, 5) is 13.5. The number of anilines is 1. The maximum absolute atomic E-state index is 13.5. The van der Waals surface area contributed by atoms with Gasteiger partial charge in [-0.25, -0.2) is 17.9 Å². The molecule has 1 aromatic heterocycles. The Morgan fingerprint density at radius 2 is 1.69 bits per heavy atom. The average Bonchev–Trinajstić information content (AvgIpc) is 3.67. The number of rotatable bonds is 10. The second-order valence-electron chi connectivity index (χ2n) is 10.1. The molecule has 0 aliphatic heterocycles. The lowest BCUT2D eigenvalue weighted by atomic mass is 9.86. The summed E-state index contributed by atoms with van der Waals surface area (Å²) in [5.41, 5.74) is 7.61. The van der Waals surface area contributed by atoms with Gasteiger partial charge in [-0.05, 0) is 54.5 Å². The Labute approximate surface area is 228 Å². The summed E-state index contributed by atoms with van der Waals surface area (Å²) in [5.74, 6) is -0.553. The molecule has 5 rings (SSSR count). The zero-order valence-electron chi connectivity index (χ0n) is 21.7. The van der Waals surface area contributed by atoms with E-state index in [0.717, 1.165) is 17.5 Å². The molecule has 3 aromatic carbocycles. The molecule has 1 heterocycles. The summed E-state index contributed by atoms with van der Waals surface area (Å²) in [6.45, 7) is 2.02. The maximum atomic E-state index is 13.5. The Morgan fingerprint density at radius 1 is 1.00 bits per heavy atom. The van der Waals surface area contributed by atoms with Crippen molar-refractivity contribution in [3.8, 4) is 5.75 Å². The third-order valence-corrected chi connectivity index (χ3v) is 8.91. The highest BCUT2D eigenvalue weighted by molar-refractivity contribution is 7.89. The van der Waals surface area contributed by atoms with Crippen LogP contribution in [0.5, 0.6) is 5.75 Å². The van der Waals surface area contributed by atoms with Gasteiger partial charge in [-0.15, -0.1) is 0 Å². The Kier molecular flexibility index (Phi) is 7.59. The van der Waals surface area contributed by atoms with E-state index in [0.29, 0.717) is 24.3 Å². The fourth-order valence-electron chi connectivity index (χ4n) is 5.30. The smallest absolute Gasteiger partial charge is 0.343 e. The number of hydrogen-bond donors (Lipinski definition) is 3. The number of nitrogen functional groups attached to an aromatic ring is 1.